The van der Waals surface area contributed by atoms with Crippen LogP contribution in [0.1, 0.15) is 26.3 Å². The molecule has 0 aromatic heterocycles. The molecule has 7 heteroatoms. The molecule has 26 heavy (non-hydrogen) atoms. The van der Waals surface area contributed by atoms with E-state index in [2.05, 4.69) is 26.1 Å². The molecule has 2 aromatic carbocycles. The minimum atomic E-state index is -3.61. The molecule has 5 nitrogen and oxygen atoms in total. The van der Waals surface area contributed by atoms with Gasteiger partial charge in [-0.05, 0) is 47.4 Å². The number of hydrogen-bond donors (Lipinski definition) is 1. The van der Waals surface area contributed by atoms with E-state index in [0.717, 1.165) is 16.1 Å². The van der Waals surface area contributed by atoms with Crippen molar-refractivity contribution in [2.24, 2.45) is 0 Å². The highest BCUT2D eigenvalue weighted by molar-refractivity contribution is 7.92. The molecule has 0 fully saturated rings. The first kappa shape index (κ1) is 20.3. The smallest absolute Gasteiger partial charge is 0.245 e. The Balaban J connectivity index is 2.20. The van der Waals surface area contributed by atoms with Crippen LogP contribution in [-0.4, -0.2) is 27.1 Å². The Labute approximate surface area is 160 Å². The van der Waals surface area contributed by atoms with Crippen molar-refractivity contribution in [2.75, 3.05) is 22.4 Å². The predicted molar refractivity (Wildman–Crippen MR) is 107 cm³/mol. The van der Waals surface area contributed by atoms with Crippen LogP contribution in [0.15, 0.2) is 48.5 Å². The van der Waals surface area contributed by atoms with Crippen LogP contribution in [0, 0.1) is 0 Å². The van der Waals surface area contributed by atoms with Gasteiger partial charge in [-0.15, -0.1) is 0 Å². The van der Waals surface area contributed by atoms with Crippen molar-refractivity contribution >= 4 is 38.9 Å². The molecule has 2 aromatic rings. The molecule has 1 N–H and O–H groups in total. The lowest BCUT2D eigenvalue weighted by atomic mass is 9.87. The van der Waals surface area contributed by atoms with E-state index in [4.69, 9.17) is 11.6 Å². The third-order valence-corrected chi connectivity index (χ3v) is 5.23. The number of halogens is 1. The van der Waals surface area contributed by atoms with Gasteiger partial charge in [-0.1, -0.05) is 44.5 Å². The second-order valence-corrected chi connectivity index (χ2v) is 9.46. The third kappa shape index (κ3) is 5.47. The molecule has 0 atom stereocenters. The molecule has 140 valence electrons. The van der Waals surface area contributed by atoms with Gasteiger partial charge in [-0.3, -0.25) is 9.10 Å². The Bertz CT molecular complexity index is 870. The molecule has 2 rings (SSSR count). The van der Waals surface area contributed by atoms with E-state index in [0.29, 0.717) is 16.4 Å². The Hall–Kier alpha value is -2.05. The second-order valence-electron chi connectivity index (χ2n) is 7.12. The Morgan fingerprint density at radius 3 is 2.04 bits per heavy atom. The summed E-state index contributed by atoms with van der Waals surface area (Å²) in [5.74, 6) is -0.433. The number of rotatable bonds is 5. The number of carbonyl (C=O) groups excluding carboxylic acids is 1. The minimum Gasteiger partial charge on any atom is -0.325 e. The summed E-state index contributed by atoms with van der Waals surface area (Å²) in [6, 6.07) is 13.8. The van der Waals surface area contributed by atoms with Crippen molar-refractivity contribution in [1.29, 1.82) is 0 Å². The number of nitrogens with zero attached hydrogens (tertiary/aromatic N) is 1. The molecule has 0 unspecified atom stereocenters. The maximum Gasteiger partial charge on any atom is 0.245 e. The lowest BCUT2D eigenvalue weighted by molar-refractivity contribution is -0.114. The van der Waals surface area contributed by atoms with Crippen LogP contribution >= 0.6 is 11.6 Å². The van der Waals surface area contributed by atoms with E-state index < -0.39 is 15.9 Å². The van der Waals surface area contributed by atoms with Crippen LogP contribution in [0.2, 0.25) is 5.02 Å². The van der Waals surface area contributed by atoms with Gasteiger partial charge in [-0.2, -0.15) is 0 Å². The van der Waals surface area contributed by atoms with Gasteiger partial charge < -0.3 is 5.32 Å². The number of anilines is 2. The average Bonchev–Trinajstić information content (AvgIpc) is 2.53. The van der Waals surface area contributed by atoms with Crippen molar-refractivity contribution in [2.45, 2.75) is 26.2 Å². The number of nitrogens with one attached hydrogen (secondary N) is 1. The van der Waals surface area contributed by atoms with Gasteiger partial charge in [0.25, 0.3) is 0 Å². The number of sulfonamides is 1. The zero-order valence-corrected chi connectivity index (χ0v) is 16.9. The fourth-order valence-electron chi connectivity index (χ4n) is 2.39. The zero-order chi connectivity index (χ0) is 19.5. The fraction of sp³-hybridized carbons (Fsp3) is 0.316. The van der Waals surface area contributed by atoms with E-state index in [-0.39, 0.29) is 12.0 Å². The Kier molecular flexibility index (Phi) is 5.98. The molecular formula is C19H23ClN2O3S. The summed E-state index contributed by atoms with van der Waals surface area (Å²) in [7, 11) is -3.61. The number of hydrogen-bond acceptors (Lipinski definition) is 3. The largest absolute Gasteiger partial charge is 0.325 e. The second kappa shape index (κ2) is 7.68. The molecule has 0 saturated heterocycles. The summed E-state index contributed by atoms with van der Waals surface area (Å²) in [5.41, 5.74) is 2.04. The maximum atomic E-state index is 12.3. The molecule has 0 bridgehead atoms. The molecule has 0 aliphatic rings. The molecule has 1 amide bonds. The van der Waals surface area contributed by atoms with Crippen molar-refractivity contribution in [3.63, 3.8) is 0 Å². The fourth-order valence-corrected chi connectivity index (χ4v) is 3.37. The highest BCUT2D eigenvalue weighted by atomic mass is 35.5. The topological polar surface area (TPSA) is 66.5 Å². The van der Waals surface area contributed by atoms with Crippen molar-refractivity contribution in [3.05, 3.63) is 59.1 Å². The molecule has 0 radical (unpaired) electrons. The van der Waals surface area contributed by atoms with Crippen molar-refractivity contribution in [1.82, 2.24) is 0 Å². The first-order valence-corrected chi connectivity index (χ1v) is 10.3. The monoisotopic (exact) mass is 394 g/mol. The lowest BCUT2D eigenvalue weighted by Crippen LogP contribution is -2.37. The lowest BCUT2D eigenvalue weighted by Gasteiger charge is -2.24. The van der Waals surface area contributed by atoms with E-state index in [1.54, 1.807) is 36.4 Å². The Morgan fingerprint density at radius 2 is 1.58 bits per heavy atom. The zero-order valence-electron chi connectivity index (χ0n) is 15.3. The van der Waals surface area contributed by atoms with Crippen LogP contribution in [0.4, 0.5) is 11.4 Å². The molecule has 0 aliphatic heterocycles. The predicted octanol–water partition coefficient (Wildman–Crippen LogP) is 4.04. The van der Waals surface area contributed by atoms with Gasteiger partial charge in [0, 0.05) is 10.7 Å². The molecule has 0 spiro atoms. The van der Waals surface area contributed by atoms with Crippen molar-refractivity contribution < 1.29 is 13.2 Å². The molecular weight excluding hydrogens is 372 g/mol. The normalized spacial score (nSPS) is 11.9. The summed E-state index contributed by atoms with van der Waals surface area (Å²) >= 11 is 5.82. The van der Waals surface area contributed by atoms with E-state index >= 15 is 0 Å². The molecule has 0 saturated carbocycles. The van der Waals surface area contributed by atoms with Gasteiger partial charge >= 0.3 is 0 Å². The first-order valence-electron chi connectivity index (χ1n) is 8.10. The summed E-state index contributed by atoms with van der Waals surface area (Å²) < 4.78 is 25.4. The highest BCUT2D eigenvalue weighted by Gasteiger charge is 2.22. The minimum absolute atomic E-state index is 0.0413. The van der Waals surface area contributed by atoms with E-state index in [1.165, 1.54) is 0 Å². The van der Waals surface area contributed by atoms with Crippen LogP contribution in [0.25, 0.3) is 0 Å². The highest BCUT2D eigenvalue weighted by Crippen LogP contribution is 2.26. The molecule has 0 heterocycles. The molecule has 0 aliphatic carbocycles. The summed E-state index contributed by atoms with van der Waals surface area (Å²) in [4.78, 5) is 12.3. The first-order chi connectivity index (χ1) is 12.0. The van der Waals surface area contributed by atoms with Gasteiger partial charge in [0.05, 0.1) is 11.9 Å². The standard InChI is InChI=1S/C19H23ClN2O3S/c1-19(2,3)14-5-11-17(12-6-14)22(26(4,24)25)13-18(23)21-16-9-7-15(20)8-10-16/h5-12H,13H2,1-4H3,(H,21,23). The number of amides is 1. The summed E-state index contributed by atoms with van der Waals surface area (Å²) in [5, 5.41) is 3.23. The van der Waals surface area contributed by atoms with E-state index in [1.807, 2.05) is 12.1 Å². The Morgan fingerprint density at radius 1 is 1.04 bits per heavy atom. The van der Waals surface area contributed by atoms with Crippen LogP contribution < -0.4 is 9.62 Å². The van der Waals surface area contributed by atoms with Gasteiger partial charge in [0.2, 0.25) is 15.9 Å². The van der Waals surface area contributed by atoms with Gasteiger partial charge in [0.15, 0.2) is 0 Å². The van der Waals surface area contributed by atoms with Gasteiger partial charge in [-0.25, -0.2) is 8.42 Å². The quantitative estimate of drug-likeness (QED) is 0.832. The SMILES string of the molecule is CC(C)(C)c1ccc(N(CC(=O)Nc2ccc(Cl)cc2)S(C)(=O)=O)cc1. The maximum absolute atomic E-state index is 12.3. The number of carbonyl (C=O) groups is 1. The third-order valence-electron chi connectivity index (χ3n) is 3.84. The van der Waals surface area contributed by atoms with Crippen LogP contribution in [0.5, 0.6) is 0 Å². The summed E-state index contributed by atoms with van der Waals surface area (Å²) in [6.07, 6.45) is 1.08. The van der Waals surface area contributed by atoms with Gasteiger partial charge in [0.1, 0.15) is 6.54 Å². The summed E-state index contributed by atoms with van der Waals surface area (Å²) in [6.45, 7) is 5.93. The average molecular weight is 395 g/mol. The van der Waals surface area contributed by atoms with E-state index in [9.17, 15) is 13.2 Å². The van der Waals surface area contributed by atoms with Crippen molar-refractivity contribution in [3.8, 4) is 0 Å². The number of benzene rings is 2. The van der Waals surface area contributed by atoms with Crippen LogP contribution in [-0.2, 0) is 20.2 Å². The van der Waals surface area contributed by atoms with Crippen LogP contribution in [0.3, 0.4) is 0 Å².